The standard InChI is InChI=1S/C16H29NO4/c1-4-20-15(18)16(17-12(2)3)8-5-6-13(16)7-9-21-14-10-19-11-14/h12-14,17H,4-11H2,1-3H3. The lowest BCUT2D eigenvalue weighted by molar-refractivity contribution is -0.155. The van der Waals surface area contributed by atoms with Gasteiger partial charge in [-0.2, -0.15) is 0 Å². The molecule has 1 heterocycles. The topological polar surface area (TPSA) is 56.8 Å². The Bertz CT molecular complexity index is 343. The molecule has 0 aromatic carbocycles. The van der Waals surface area contributed by atoms with E-state index in [1.807, 2.05) is 6.92 Å². The summed E-state index contributed by atoms with van der Waals surface area (Å²) in [6.07, 6.45) is 4.14. The van der Waals surface area contributed by atoms with Crippen LogP contribution in [0.1, 0.15) is 46.5 Å². The predicted molar refractivity (Wildman–Crippen MR) is 80.2 cm³/mol. The molecule has 2 atom stereocenters. The first-order valence-corrected chi connectivity index (χ1v) is 8.22. The third-order valence-electron chi connectivity index (χ3n) is 4.43. The van der Waals surface area contributed by atoms with Crippen LogP contribution >= 0.6 is 0 Å². The van der Waals surface area contributed by atoms with Crippen molar-refractivity contribution in [3.8, 4) is 0 Å². The lowest BCUT2D eigenvalue weighted by Crippen LogP contribution is -2.58. The molecule has 5 heteroatoms. The average molecular weight is 299 g/mol. The number of nitrogens with one attached hydrogen (secondary N) is 1. The summed E-state index contributed by atoms with van der Waals surface area (Å²) in [6.45, 7) is 8.57. The van der Waals surface area contributed by atoms with Crippen LogP contribution in [0.3, 0.4) is 0 Å². The lowest BCUT2D eigenvalue weighted by Gasteiger charge is -2.36. The molecule has 0 spiro atoms. The molecular weight excluding hydrogens is 270 g/mol. The largest absolute Gasteiger partial charge is 0.465 e. The molecule has 0 radical (unpaired) electrons. The Morgan fingerprint density at radius 3 is 2.76 bits per heavy atom. The van der Waals surface area contributed by atoms with Crippen LogP contribution < -0.4 is 5.32 Å². The van der Waals surface area contributed by atoms with Gasteiger partial charge in [0.1, 0.15) is 11.6 Å². The first-order valence-electron chi connectivity index (χ1n) is 8.22. The fourth-order valence-electron chi connectivity index (χ4n) is 3.45. The summed E-state index contributed by atoms with van der Waals surface area (Å²) < 4.78 is 16.2. The van der Waals surface area contributed by atoms with Gasteiger partial charge in [0.15, 0.2) is 0 Å². The van der Waals surface area contributed by atoms with Crippen LogP contribution in [0.25, 0.3) is 0 Å². The highest BCUT2D eigenvalue weighted by Crippen LogP contribution is 2.39. The maximum absolute atomic E-state index is 12.5. The molecule has 122 valence electrons. The SMILES string of the molecule is CCOC(=O)C1(NC(C)C)CCCC1CCOC1COC1. The first kappa shape index (κ1) is 16.7. The molecule has 1 saturated heterocycles. The van der Waals surface area contributed by atoms with Gasteiger partial charge in [-0.25, -0.2) is 0 Å². The second kappa shape index (κ2) is 7.56. The third kappa shape index (κ3) is 3.96. The molecule has 0 amide bonds. The van der Waals surface area contributed by atoms with Crippen molar-refractivity contribution in [2.24, 2.45) is 5.92 Å². The maximum Gasteiger partial charge on any atom is 0.326 e. The molecule has 2 fully saturated rings. The van der Waals surface area contributed by atoms with Crippen molar-refractivity contribution in [2.45, 2.75) is 64.1 Å². The van der Waals surface area contributed by atoms with Gasteiger partial charge in [0.2, 0.25) is 0 Å². The molecule has 1 aliphatic heterocycles. The Hall–Kier alpha value is -0.650. The molecule has 0 aromatic rings. The van der Waals surface area contributed by atoms with Crippen LogP contribution in [0.4, 0.5) is 0 Å². The summed E-state index contributed by atoms with van der Waals surface area (Å²) in [4.78, 5) is 12.5. The fraction of sp³-hybridized carbons (Fsp3) is 0.938. The van der Waals surface area contributed by atoms with Crippen LogP contribution in [0.15, 0.2) is 0 Å². The summed E-state index contributed by atoms with van der Waals surface area (Å²) in [5.74, 6) is 0.202. The van der Waals surface area contributed by atoms with Gasteiger partial charge in [-0.3, -0.25) is 10.1 Å². The number of carbonyl (C=O) groups is 1. The molecule has 2 unspecified atom stereocenters. The van der Waals surface area contributed by atoms with E-state index in [1.165, 1.54) is 0 Å². The van der Waals surface area contributed by atoms with Gasteiger partial charge in [0, 0.05) is 12.6 Å². The van der Waals surface area contributed by atoms with Gasteiger partial charge >= 0.3 is 5.97 Å². The van der Waals surface area contributed by atoms with E-state index in [0.717, 1.165) is 25.7 Å². The maximum atomic E-state index is 12.5. The predicted octanol–water partition coefficient (Wildman–Crippen LogP) is 1.89. The molecule has 0 aromatic heterocycles. The van der Waals surface area contributed by atoms with Crippen molar-refractivity contribution in [1.82, 2.24) is 5.32 Å². The summed E-state index contributed by atoms with van der Waals surface area (Å²) >= 11 is 0. The smallest absolute Gasteiger partial charge is 0.326 e. The van der Waals surface area contributed by atoms with Crippen molar-refractivity contribution >= 4 is 5.97 Å². The number of hydrogen-bond acceptors (Lipinski definition) is 5. The van der Waals surface area contributed by atoms with Crippen LogP contribution in [-0.2, 0) is 19.0 Å². The van der Waals surface area contributed by atoms with Crippen molar-refractivity contribution < 1.29 is 19.0 Å². The van der Waals surface area contributed by atoms with Gasteiger partial charge in [0.05, 0.1) is 19.8 Å². The highest BCUT2D eigenvalue weighted by Gasteiger charge is 2.50. The van der Waals surface area contributed by atoms with E-state index < -0.39 is 5.54 Å². The van der Waals surface area contributed by atoms with Crippen molar-refractivity contribution in [3.63, 3.8) is 0 Å². The summed E-state index contributed by atoms with van der Waals surface area (Å²) in [7, 11) is 0. The summed E-state index contributed by atoms with van der Waals surface area (Å²) in [6, 6.07) is 0.260. The monoisotopic (exact) mass is 299 g/mol. The number of hydrogen-bond donors (Lipinski definition) is 1. The first-order chi connectivity index (χ1) is 10.1. The van der Waals surface area contributed by atoms with Crippen molar-refractivity contribution in [3.05, 3.63) is 0 Å². The van der Waals surface area contributed by atoms with Crippen molar-refractivity contribution in [2.75, 3.05) is 26.4 Å². The van der Waals surface area contributed by atoms with Crippen LogP contribution in [0, 0.1) is 5.92 Å². The van der Waals surface area contributed by atoms with Crippen molar-refractivity contribution in [1.29, 1.82) is 0 Å². The molecule has 0 bridgehead atoms. The third-order valence-corrected chi connectivity index (χ3v) is 4.43. The molecular formula is C16H29NO4. The van der Waals surface area contributed by atoms with Gasteiger partial charge in [-0.1, -0.05) is 6.42 Å². The van der Waals surface area contributed by atoms with E-state index >= 15 is 0 Å². The zero-order chi connectivity index (χ0) is 15.3. The molecule has 1 aliphatic carbocycles. The van der Waals surface area contributed by atoms with E-state index in [0.29, 0.717) is 32.3 Å². The Morgan fingerprint density at radius 2 is 2.19 bits per heavy atom. The summed E-state index contributed by atoms with van der Waals surface area (Å²) in [5.41, 5.74) is -0.524. The number of rotatable bonds is 8. The number of esters is 1. The van der Waals surface area contributed by atoms with E-state index in [4.69, 9.17) is 14.2 Å². The lowest BCUT2D eigenvalue weighted by atomic mass is 9.84. The molecule has 1 saturated carbocycles. The van der Waals surface area contributed by atoms with E-state index in [-0.39, 0.29) is 18.1 Å². The Morgan fingerprint density at radius 1 is 1.43 bits per heavy atom. The molecule has 5 nitrogen and oxygen atoms in total. The molecule has 2 aliphatic rings. The molecule has 1 N–H and O–H groups in total. The Balaban J connectivity index is 1.95. The minimum atomic E-state index is -0.524. The Labute approximate surface area is 127 Å². The minimum absolute atomic E-state index is 0.0897. The minimum Gasteiger partial charge on any atom is -0.465 e. The normalized spacial score (nSPS) is 29.6. The van der Waals surface area contributed by atoms with Gasteiger partial charge < -0.3 is 14.2 Å². The Kier molecular flexibility index (Phi) is 6.02. The quantitative estimate of drug-likeness (QED) is 0.694. The molecule has 21 heavy (non-hydrogen) atoms. The van der Waals surface area contributed by atoms with E-state index in [2.05, 4.69) is 19.2 Å². The fourth-order valence-corrected chi connectivity index (χ4v) is 3.45. The van der Waals surface area contributed by atoms with Crippen LogP contribution in [0.2, 0.25) is 0 Å². The van der Waals surface area contributed by atoms with E-state index in [1.54, 1.807) is 0 Å². The van der Waals surface area contributed by atoms with Gasteiger partial charge in [0.25, 0.3) is 0 Å². The zero-order valence-electron chi connectivity index (χ0n) is 13.5. The zero-order valence-corrected chi connectivity index (χ0v) is 13.5. The average Bonchev–Trinajstić information content (AvgIpc) is 2.76. The number of ether oxygens (including phenoxy) is 3. The van der Waals surface area contributed by atoms with Crippen LogP contribution in [-0.4, -0.2) is 50.1 Å². The highest BCUT2D eigenvalue weighted by atomic mass is 16.6. The molecule has 2 rings (SSSR count). The number of carbonyl (C=O) groups excluding carboxylic acids is 1. The van der Waals surface area contributed by atoms with Gasteiger partial charge in [-0.15, -0.1) is 0 Å². The van der Waals surface area contributed by atoms with Crippen LogP contribution in [0.5, 0.6) is 0 Å². The second-order valence-corrected chi connectivity index (χ2v) is 6.40. The summed E-state index contributed by atoms with van der Waals surface area (Å²) in [5, 5.41) is 3.50. The highest BCUT2D eigenvalue weighted by molar-refractivity contribution is 5.82. The van der Waals surface area contributed by atoms with Gasteiger partial charge in [-0.05, 0) is 46.0 Å². The second-order valence-electron chi connectivity index (χ2n) is 6.40. The van der Waals surface area contributed by atoms with E-state index in [9.17, 15) is 4.79 Å².